The predicted molar refractivity (Wildman–Crippen MR) is 131 cm³/mol. The SMILES string of the molecule is N#COCC1(N/C=C(/C(N)=O)C(N)=Nc2ccnc(F)c2)CCC(NCc2ccc(Cl)cc2)CC1. The molecule has 1 aromatic heterocycles. The van der Waals surface area contributed by atoms with Gasteiger partial charge in [0, 0.05) is 36.1 Å². The number of benzene rings is 1. The van der Waals surface area contributed by atoms with Crippen LogP contribution in [0.2, 0.25) is 5.02 Å². The van der Waals surface area contributed by atoms with E-state index in [1.807, 2.05) is 24.3 Å². The van der Waals surface area contributed by atoms with Gasteiger partial charge in [0.2, 0.25) is 5.95 Å². The van der Waals surface area contributed by atoms with Crippen LogP contribution in [-0.2, 0) is 16.1 Å². The number of hydrogen-bond acceptors (Lipinski definition) is 7. The quantitative estimate of drug-likeness (QED) is 0.129. The first kappa shape index (κ1) is 25.9. The number of hydrogen-bond donors (Lipinski definition) is 4. The van der Waals surface area contributed by atoms with Gasteiger partial charge in [0.05, 0.1) is 16.8 Å². The smallest absolute Gasteiger partial charge is 0.286 e. The minimum atomic E-state index is -0.803. The number of primary amides is 1. The van der Waals surface area contributed by atoms with E-state index < -0.39 is 17.4 Å². The van der Waals surface area contributed by atoms with Crippen molar-refractivity contribution in [2.45, 2.75) is 43.8 Å². The molecule has 1 fully saturated rings. The highest BCUT2D eigenvalue weighted by atomic mass is 35.5. The van der Waals surface area contributed by atoms with Gasteiger partial charge in [-0.1, -0.05) is 23.7 Å². The number of carbonyl (C=O) groups is 1. The van der Waals surface area contributed by atoms with E-state index in [-0.39, 0.29) is 29.7 Å². The summed E-state index contributed by atoms with van der Waals surface area (Å²) in [5.41, 5.74) is 12.2. The number of nitrogens with two attached hydrogens (primary N) is 2. The number of ether oxygens (including phenoxy) is 1. The average Bonchev–Trinajstić information content (AvgIpc) is 2.83. The molecule has 184 valence electrons. The third-order valence-corrected chi connectivity index (χ3v) is 6.14. The number of aliphatic imine (C=N–C) groups is 1. The second-order valence-electron chi connectivity index (χ2n) is 8.34. The number of amidine groups is 1. The van der Waals surface area contributed by atoms with Crippen molar-refractivity contribution in [1.29, 1.82) is 5.26 Å². The Balaban J connectivity index is 1.68. The molecule has 1 aromatic carbocycles. The Kier molecular flexibility index (Phi) is 9.00. The van der Waals surface area contributed by atoms with Crippen LogP contribution in [0.3, 0.4) is 0 Å². The number of nitriles is 1. The van der Waals surface area contributed by atoms with E-state index in [9.17, 15) is 9.18 Å². The van der Waals surface area contributed by atoms with Crippen molar-refractivity contribution in [3.05, 3.63) is 70.9 Å². The van der Waals surface area contributed by atoms with Crippen LogP contribution in [0.25, 0.3) is 0 Å². The van der Waals surface area contributed by atoms with Crippen molar-refractivity contribution in [3.8, 4) is 6.26 Å². The topological polar surface area (TPSA) is 151 Å². The summed E-state index contributed by atoms with van der Waals surface area (Å²) >= 11 is 5.94. The standard InChI is InChI=1S/C24H27ClFN7O2/c25-17-3-1-16(2-4-17)12-31-18-5-8-24(9-6-18,14-35-15-27)32-13-20(23(29)34)22(28)33-19-7-10-30-21(26)11-19/h1-4,7,10-11,13,18,31-32H,5-6,8-9,12,14H2,(H2,29,34)(H2,28,30,33)/b20-13+. The van der Waals surface area contributed by atoms with E-state index in [0.29, 0.717) is 24.4 Å². The zero-order valence-corrected chi connectivity index (χ0v) is 19.8. The van der Waals surface area contributed by atoms with Crippen LogP contribution < -0.4 is 22.1 Å². The highest BCUT2D eigenvalue weighted by Crippen LogP contribution is 2.29. The van der Waals surface area contributed by atoms with Crippen LogP contribution in [0.1, 0.15) is 31.2 Å². The van der Waals surface area contributed by atoms with Crippen LogP contribution in [-0.4, -0.2) is 34.9 Å². The summed E-state index contributed by atoms with van der Waals surface area (Å²) in [5, 5.41) is 16.4. The maximum absolute atomic E-state index is 13.3. The summed E-state index contributed by atoms with van der Waals surface area (Å²) in [5.74, 6) is -1.70. The third kappa shape index (κ3) is 7.67. The molecule has 0 spiro atoms. The van der Waals surface area contributed by atoms with Gasteiger partial charge in [0.25, 0.3) is 12.2 Å². The first-order valence-electron chi connectivity index (χ1n) is 11.0. The summed E-state index contributed by atoms with van der Waals surface area (Å²) in [6.07, 6.45) is 7.30. The second-order valence-corrected chi connectivity index (χ2v) is 8.78. The lowest BCUT2D eigenvalue weighted by atomic mass is 9.79. The van der Waals surface area contributed by atoms with Crippen LogP contribution in [0, 0.1) is 17.5 Å². The summed E-state index contributed by atoms with van der Waals surface area (Å²) in [7, 11) is 0. The molecule has 3 rings (SSSR count). The van der Waals surface area contributed by atoms with Crippen LogP contribution in [0.5, 0.6) is 0 Å². The average molecular weight is 500 g/mol. The molecule has 1 aliphatic rings. The zero-order valence-electron chi connectivity index (χ0n) is 19.0. The van der Waals surface area contributed by atoms with Crippen molar-refractivity contribution >= 4 is 29.0 Å². The Bertz CT molecular complexity index is 1120. The van der Waals surface area contributed by atoms with Crippen molar-refractivity contribution in [3.63, 3.8) is 0 Å². The Morgan fingerprint density at radius 3 is 2.66 bits per heavy atom. The largest absolute Gasteiger partial charge is 0.425 e. The Morgan fingerprint density at radius 2 is 2.03 bits per heavy atom. The molecule has 2 aromatic rings. The van der Waals surface area contributed by atoms with Crippen molar-refractivity contribution in [1.82, 2.24) is 15.6 Å². The van der Waals surface area contributed by atoms with Gasteiger partial charge in [-0.3, -0.25) is 4.79 Å². The zero-order chi connectivity index (χ0) is 25.3. The molecule has 1 saturated carbocycles. The van der Waals surface area contributed by atoms with Gasteiger partial charge >= 0.3 is 0 Å². The first-order valence-corrected chi connectivity index (χ1v) is 11.4. The Labute approximate surface area is 208 Å². The number of pyridine rings is 1. The van der Waals surface area contributed by atoms with Gasteiger partial charge < -0.3 is 26.8 Å². The number of aromatic nitrogens is 1. The number of rotatable bonds is 10. The lowest BCUT2D eigenvalue weighted by Crippen LogP contribution is -2.52. The molecule has 1 amide bonds. The molecule has 1 heterocycles. The molecule has 11 heteroatoms. The lowest BCUT2D eigenvalue weighted by Gasteiger charge is -2.40. The molecular formula is C24H27ClFN7O2. The molecule has 0 radical (unpaired) electrons. The fraction of sp³-hybridized carbons (Fsp3) is 0.333. The van der Waals surface area contributed by atoms with Gasteiger partial charge in [-0.05, 0) is 49.4 Å². The van der Waals surface area contributed by atoms with E-state index in [0.717, 1.165) is 24.5 Å². The third-order valence-electron chi connectivity index (χ3n) is 5.89. The first-order chi connectivity index (χ1) is 16.8. The lowest BCUT2D eigenvalue weighted by molar-refractivity contribution is -0.114. The van der Waals surface area contributed by atoms with Gasteiger partial charge in [-0.2, -0.15) is 9.65 Å². The van der Waals surface area contributed by atoms with E-state index in [1.165, 1.54) is 18.5 Å². The molecule has 0 aliphatic heterocycles. The number of carbonyl (C=O) groups excluding carboxylic acids is 1. The van der Waals surface area contributed by atoms with E-state index >= 15 is 0 Å². The van der Waals surface area contributed by atoms with Gasteiger partial charge in [0.1, 0.15) is 12.4 Å². The minimum absolute atomic E-state index is 0.0680. The van der Waals surface area contributed by atoms with Crippen molar-refractivity contribution < 1.29 is 13.9 Å². The minimum Gasteiger partial charge on any atom is -0.425 e. The maximum Gasteiger partial charge on any atom is 0.286 e. The molecule has 1 aliphatic carbocycles. The molecule has 0 saturated heterocycles. The summed E-state index contributed by atoms with van der Waals surface area (Å²) in [4.78, 5) is 19.6. The van der Waals surface area contributed by atoms with E-state index in [2.05, 4.69) is 20.6 Å². The van der Waals surface area contributed by atoms with Crippen molar-refractivity contribution in [2.24, 2.45) is 16.5 Å². The number of nitrogens with zero attached hydrogens (tertiary/aromatic N) is 3. The Hall–Kier alpha value is -3.68. The molecule has 0 unspecified atom stereocenters. The second kappa shape index (κ2) is 12.1. The fourth-order valence-electron chi connectivity index (χ4n) is 3.90. The normalized spacial score (nSPS) is 20.7. The van der Waals surface area contributed by atoms with Crippen molar-refractivity contribution in [2.75, 3.05) is 6.61 Å². The van der Waals surface area contributed by atoms with Gasteiger partial charge in [-0.15, -0.1) is 0 Å². The molecule has 9 nitrogen and oxygen atoms in total. The van der Waals surface area contributed by atoms with Gasteiger partial charge in [-0.25, -0.2) is 9.98 Å². The fourth-order valence-corrected chi connectivity index (χ4v) is 4.02. The molecule has 0 atom stereocenters. The monoisotopic (exact) mass is 499 g/mol. The summed E-state index contributed by atoms with van der Waals surface area (Å²) < 4.78 is 18.4. The predicted octanol–water partition coefficient (Wildman–Crippen LogP) is 2.79. The molecule has 35 heavy (non-hydrogen) atoms. The molecule has 0 bridgehead atoms. The number of nitrogens with one attached hydrogen (secondary N) is 2. The molecular weight excluding hydrogens is 473 g/mol. The molecule has 6 N–H and O–H groups in total. The highest BCUT2D eigenvalue weighted by Gasteiger charge is 2.35. The Morgan fingerprint density at radius 1 is 1.31 bits per heavy atom. The number of halogens is 2. The van der Waals surface area contributed by atoms with Gasteiger partial charge in [0.15, 0.2) is 0 Å². The van der Waals surface area contributed by atoms with Crippen LogP contribution in [0.15, 0.2) is 59.4 Å². The summed E-state index contributed by atoms with van der Waals surface area (Å²) in [6.45, 7) is 0.827. The highest BCUT2D eigenvalue weighted by molar-refractivity contribution is 6.30. The maximum atomic E-state index is 13.3. The van der Waals surface area contributed by atoms with Crippen LogP contribution in [0.4, 0.5) is 10.1 Å². The van der Waals surface area contributed by atoms with Crippen LogP contribution >= 0.6 is 11.6 Å². The van der Waals surface area contributed by atoms with E-state index in [1.54, 1.807) is 6.26 Å². The summed E-state index contributed by atoms with van der Waals surface area (Å²) in [6, 6.07) is 10.5. The van der Waals surface area contributed by atoms with E-state index in [4.69, 9.17) is 33.1 Å². The number of amides is 1.